The van der Waals surface area contributed by atoms with E-state index in [2.05, 4.69) is 9.97 Å². The summed E-state index contributed by atoms with van der Waals surface area (Å²) in [5.41, 5.74) is 5.70. The molecular formula is C9H14N3O2PS. The van der Waals surface area contributed by atoms with Crippen LogP contribution in [0.3, 0.4) is 0 Å². The molecule has 5 nitrogen and oxygen atoms in total. The molecule has 0 radical (unpaired) electrons. The van der Waals surface area contributed by atoms with Crippen LogP contribution in [0.15, 0.2) is 12.4 Å². The average Bonchev–Trinajstić information content (AvgIpc) is 3.01. The minimum absolute atomic E-state index is 0.439. The third-order valence-electron chi connectivity index (χ3n) is 2.13. The highest BCUT2D eigenvalue weighted by Crippen LogP contribution is 2.41. The van der Waals surface area contributed by atoms with Crippen molar-refractivity contribution in [3.63, 3.8) is 0 Å². The van der Waals surface area contributed by atoms with E-state index in [4.69, 9.17) is 26.4 Å². The maximum Gasteiger partial charge on any atom is 0.310 e. The van der Waals surface area contributed by atoms with Gasteiger partial charge >= 0.3 is 6.64 Å². The first-order valence-electron chi connectivity index (χ1n) is 5.15. The molecule has 1 aliphatic rings. The first kappa shape index (κ1) is 11.9. The van der Waals surface area contributed by atoms with Crippen molar-refractivity contribution in [2.45, 2.75) is 25.7 Å². The molecular weight excluding hydrogens is 245 g/mol. The van der Waals surface area contributed by atoms with Crippen LogP contribution >= 0.6 is 6.64 Å². The zero-order chi connectivity index (χ0) is 11.6. The third-order valence-corrected chi connectivity index (χ3v) is 3.76. The summed E-state index contributed by atoms with van der Waals surface area (Å²) in [4.78, 5) is 8.42. The van der Waals surface area contributed by atoms with Gasteiger partial charge in [-0.1, -0.05) is 0 Å². The van der Waals surface area contributed by atoms with Crippen LogP contribution in [0.2, 0.25) is 0 Å². The van der Waals surface area contributed by atoms with E-state index < -0.39 is 6.64 Å². The molecule has 1 heterocycles. The lowest BCUT2D eigenvalue weighted by atomic mass is 10.4. The Morgan fingerprint density at radius 2 is 2.12 bits per heavy atom. The Morgan fingerprint density at radius 3 is 2.62 bits per heavy atom. The summed E-state index contributed by atoms with van der Waals surface area (Å²) < 4.78 is 10.5. The van der Waals surface area contributed by atoms with E-state index in [1.165, 1.54) is 12.8 Å². The van der Waals surface area contributed by atoms with Crippen molar-refractivity contribution >= 4 is 18.4 Å². The van der Waals surface area contributed by atoms with Gasteiger partial charge in [-0.05, 0) is 31.6 Å². The molecule has 1 saturated carbocycles. The summed E-state index contributed by atoms with van der Waals surface area (Å²) in [6, 6.07) is 0. The van der Waals surface area contributed by atoms with Gasteiger partial charge in [-0.15, -0.1) is 0 Å². The van der Waals surface area contributed by atoms with E-state index >= 15 is 0 Å². The molecule has 0 amide bonds. The van der Waals surface area contributed by atoms with E-state index in [9.17, 15) is 0 Å². The number of nitrogens with two attached hydrogens (primary N) is 1. The molecule has 88 valence electrons. The molecule has 1 atom stereocenters. The van der Waals surface area contributed by atoms with Gasteiger partial charge in [-0.3, -0.25) is 0 Å². The highest BCUT2D eigenvalue weighted by Gasteiger charge is 2.26. The molecule has 1 unspecified atom stereocenters. The van der Waals surface area contributed by atoms with Gasteiger partial charge in [0.1, 0.15) is 5.82 Å². The molecule has 0 aliphatic heterocycles. The zero-order valence-corrected chi connectivity index (χ0v) is 10.7. The van der Waals surface area contributed by atoms with Crippen LogP contribution in [0.5, 0.6) is 5.75 Å². The standard InChI is InChI=1S/C9H14N3O2PS/c1-2-13-15(10,16)14-8-5-11-9(12-6-8)7-3-4-7/h5-7H,2-4H2,1H3,(H2,10,16). The maximum atomic E-state index is 5.70. The molecule has 0 bridgehead atoms. The molecule has 0 saturated heterocycles. The van der Waals surface area contributed by atoms with Crippen molar-refractivity contribution in [2.75, 3.05) is 6.61 Å². The fourth-order valence-corrected chi connectivity index (χ4v) is 2.65. The fourth-order valence-electron chi connectivity index (χ4n) is 1.28. The SMILES string of the molecule is CCOP(N)(=S)Oc1cnc(C2CC2)nc1. The summed E-state index contributed by atoms with van der Waals surface area (Å²) in [6.07, 6.45) is 5.56. The third kappa shape index (κ3) is 3.22. The van der Waals surface area contributed by atoms with E-state index in [1.54, 1.807) is 12.4 Å². The van der Waals surface area contributed by atoms with Gasteiger partial charge in [0.25, 0.3) is 0 Å². The number of rotatable bonds is 5. The predicted octanol–water partition coefficient (Wildman–Crippen LogP) is 1.95. The van der Waals surface area contributed by atoms with Crippen molar-refractivity contribution in [3.05, 3.63) is 18.2 Å². The highest BCUT2D eigenvalue weighted by molar-refractivity contribution is 8.09. The minimum Gasteiger partial charge on any atom is -0.430 e. The fraction of sp³-hybridized carbons (Fsp3) is 0.556. The van der Waals surface area contributed by atoms with Gasteiger partial charge in [0.15, 0.2) is 5.75 Å². The van der Waals surface area contributed by atoms with Crippen LogP contribution < -0.4 is 10.0 Å². The number of hydrogen-bond donors (Lipinski definition) is 1. The Morgan fingerprint density at radius 1 is 1.50 bits per heavy atom. The Hall–Kier alpha value is -0.550. The monoisotopic (exact) mass is 259 g/mol. The van der Waals surface area contributed by atoms with Crippen molar-refractivity contribution in [2.24, 2.45) is 5.50 Å². The van der Waals surface area contributed by atoms with Gasteiger partial charge in [0.2, 0.25) is 0 Å². The molecule has 2 rings (SSSR count). The Kier molecular flexibility index (Phi) is 3.54. The number of aromatic nitrogens is 2. The Bertz CT molecular complexity index is 408. The lowest BCUT2D eigenvalue weighted by molar-refractivity contribution is 0.331. The van der Waals surface area contributed by atoms with E-state index in [0.29, 0.717) is 18.3 Å². The van der Waals surface area contributed by atoms with Crippen LogP contribution in [-0.4, -0.2) is 16.6 Å². The van der Waals surface area contributed by atoms with Gasteiger partial charge < -0.3 is 9.05 Å². The summed E-state index contributed by atoms with van der Waals surface area (Å²) in [6.45, 7) is -0.422. The molecule has 1 fully saturated rings. The van der Waals surface area contributed by atoms with Crippen LogP contribution in [0.4, 0.5) is 0 Å². The van der Waals surface area contributed by atoms with Crippen molar-refractivity contribution in [3.8, 4) is 5.75 Å². The van der Waals surface area contributed by atoms with Gasteiger partial charge in [0, 0.05) is 5.92 Å². The zero-order valence-electron chi connectivity index (χ0n) is 9.00. The summed E-state index contributed by atoms with van der Waals surface area (Å²) in [5, 5.41) is 0. The van der Waals surface area contributed by atoms with Crippen LogP contribution in [-0.2, 0) is 16.3 Å². The normalized spacial score (nSPS) is 19.1. The molecule has 2 N–H and O–H groups in total. The van der Waals surface area contributed by atoms with Crippen LogP contribution in [0.1, 0.15) is 31.5 Å². The van der Waals surface area contributed by atoms with Gasteiger partial charge in [-0.2, -0.15) is 0 Å². The second-order valence-electron chi connectivity index (χ2n) is 3.60. The number of nitrogens with zero attached hydrogens (tertiary/aromatic N) is 2. The van der Waals surface area contributed by atoms with Crippen molar-refractivity contribution in [1.82, 2.24) is 9.97 Å². The summed E-state index contributed by atoms with van der Waals surface area (Å²) >= 11 is 5.01. The summed E-state index contributed by atoms with van der Waals surface area (Å²) in [7, 11) is 0. The molecule has 1 aliphatic carbocycles. The second kappa shape index (κ2) is 4.75. The summed E-state index contributed by atoms with van der Waals surface area (Å²) in [5.74, 6) is 1.87. The molecule has 16 heavy (non-hydrogen) atoms. The van der Waals surface area contributed by atoms with Crippen molar-refractivity contribution in [1.29, 1.82) is 0 Å². The Labute approximate surface area is 99.6 Å². The van der Waals surface area contributed by atoms with Crippen LogP contribution in [0, 0.1) is 0 Å². The van der Waals surface area contributed by atoms with E-state index in [1.807, 2.05) is 6.92 Å². The van der Waals surface area contributed by atoms with E-state index in [0.717, 1.165) is 5.82 Å². The van der Waals surface area contributed by atoms with Crippen molar-refractivity contribution < 1.29 is 9.05 Å². The topological polar surface area (TPSA) is 70.3 Å². The lowest BCUT2D eigenvalue weighted by Crippen LogP contribution is -2.06. The van der Waals surface area contributed by atoms with Gasteiger partial charge in [-0.25, -0.2) is 15.5 Å². The molecule has 0 aromatic carbocycles. The Balaban J connectivity index is 2.01. The first-order valence-corrected chi connectivity index (χ1v) is 7.86. The second-order valence-corrected chi connectivity index (χ2v) is 6.65. The smallest absolute Gasteiger partial charge is 0.310 e. The van der Waals surface area contributed by atoms with E-state index in [-0.39, 0.29) is 0 Å². The lowest BCUT2D eigenvalue weighted by Gasteiger charge is -2.16. The highest BCUT2D eigenvalue weighted by atomic mass is 32.5. The maximum absolute atomic E-state index is 5.70. The average molecular weight is 259 g/mol. The molecule has 1 aromatic heterocycles. The quantitative estimate of drug-likeness (QED) is 0.815. The largest absolute Gasteiger partial charge is 0.430 e. The molecule has 1 aromatic rings. The minimum atomic E-state index is -2.68. The predicted molar refractivity (Wildman–Crippen MR) is 64.7 cm³/mol. The van der Waals surface area contributed by atoms with Gasteiger partial charge in [0.05, 0.1) is 19.0 Å². The number of hydrogen-bond acceptors (Lipinski definition) is 5. The molecule has 0 spiro atoms. The molecule has 7 heteroatoms. The first-order chi connectivity index (χ1) is 7.61. The van der Waals surface area contributed by atoms with Crippen LogP contribution in [0.25, 0.3) is 0 Å².